The molecule has 0 spiro atoms. The third kappa shape index (κ3) is 4.14. The average molecular weight is 339 g/mol. The van der Waals surface area contributed by atoms with Crippen molar-refractivity contribution in [2.75, 3.05) is 24.6 Å². The SMILES string of the molecule is Cc1nccc(N2CCOC(c3cccc(OC(F)(F)F)c3)C2)n1. The minimum atomic E-state index is -4.71. The molecule has 0 N–H and O–H groups in total. The maximum atomic E-state index is 12.4. The molecule has 1 fully saturated rings. The van der Waals surface area contributed by atoms with Gasteiger partial charge in [0.05, 0.1) is 6.61 Å². The third-order valence-corrected chi connectivity index (χ3v) is 3.62. The minimum Gasteiger partial charge on any atom is -0.406 e. The molecule has 128 valence electrons. The van der Waals surface area contributed by atoms with Crippen LogP contribution in [0.4, 0.5) is 19.0 Å². The molecular weight excluding hydrogens is 323 g/mol. The highest BCUT2D eigenvalue weighted by molar-refractivity contribution is 5.39. The first-order valence-electron chi connectivity index (χ1n) is 7.42. The van der Waals surface area contributed by atoms with Gasteiger partial charge in [-0.1, -0.05) is 12.1 Å². The van der Waals surface area contributed by atoms with E-state index >= 15 is 0 Å². The number of aryl methyl sites for hydroxylation is 1. The Kier molecular flexibility index (Phi) is 4.57. The van der Waals surface area contributed by atoms with Crippen LogP contribution in [0, 0.1) is 6.92 Å². The summed E-state index contributed by atoms with van der Waals surface area (Å²) in [7, 11) is 0. The molecule has 5 nitrogen and oxygen atoms in total. The maximum absolute atomic E-state index is 12.4. The summed E-state index contributed by atoms with van der Waals surface area (Å²) in [6, 6.07) is 7.67. The zero-order chi connectivity index (χ0) is 17.2. The molecule has 24 heavy (non-hydrogen) atoms. The minimum absolute atomic E-state index is 0.251. The monoisotopic (exact) mass is 339 g/mol. The van der Waals surface area contributed by atoms with Crippen LogP contribution in [0.25, 0.3) is 0 Å². The summed E-state index contributed by atoms with van der Waals surface area (Å²) in [5, 5.41) is 0. The summed E-state index contributed by atoms with van der Waals surface area (Å²) >= 11 is 0. The standard InChI is InChI=1S/C16H16F3N3O2/c1-11-20-6-5-15(21-11)22-7-8-23-14(10-22)12-3-2-4-13(9-12)24-16(17,18)19/h2-6,9,14H,7-8,10H2,1H3. The summed E-state index contributed by atoms with van der Waals surface area (Å²) in [5.74, 6) is 1.19. The van der Waals surface area contributed by atoms with Crippen LogP contribution in [0.5, 0.6) is 5.75 Å². The predicted molar refractivity (Wildman–Crippen MR) is 80.8 cm³/mol. The second kappa shape index (κ2) is 6.64. The summed E-state index contributed by atoms with van der Waals surface area (Å²) in [4.78, 5) is 10.5. The highest BCUT2D eigenvalue weighted by atomic mass is 19.4. The topological polar surface area (TPSA) is 47.5 Å². The Morgan fingerprint density at radius 2 is 2.12 bits per heavy atom. The van der Waals surface area contributed by atoms with E-state index in [1.165, 1.54) is 18.2 Å². The maximum Gasteiger partial charge on any atom is 0.573 e. The lowest BCUT2D eigenvalue weighted by atomic mass is 10.1. The lowest BCUT2D eigenvalue weighted by Gasteiger charge is -2.34. The Morgan fingerprint density at radius 3 is 2.88 bits per heavy atom. The molecule has 2 aromatic rings. The van der Waals surface area contributed by atoms with Crippen molar-refractivity contribution in [2.45, 2.75) is 19.4 Å². The quantitative estimate of drug-likeness (QED) is 0.859. The summed E-state index contributed by atoms with van der Waals surface area (Å²) < 4.78 is 46.8. The number of hydrogen-bond donors (Lipinski definition) is 0. The molecule has 1 aliphatic heterocycles. The first-order chi connectivity index (χ1) is 11.4. The molecule has 2 heterocycles. The van der Waals surface area contributed by atoms with E-state index < -0.39 is 6.36 Å². The van der Waals surface area contributed by atoms with Crippen LogP contribution in [-0.4, -0.2) is 36.0 Å². The summed E-state index contributed by atoms with van der Waals surface area (Å²) in [5.41, 5.74) is 0.632. The average Bonchev–Trinajstić information content (AvgIpc) is 2.54. The predicted octanol–water partition coefficient (Wildman–Crippen LogP) is 3.26. The molecule has 1 atom stereocenters. The zero-order valence-electron chi connectivity index (χ0n) is 13.0. The van der Waals surface area contributed by atoms with Crippen molar-refractivity contribution >= 4 is 5.82 Å². The van der Waals surface area contributed by atoms with Crippen LogP contribution in [0.15, 0.2) is 36.5 Å². The molecule has 1 unspecified atom stereocenters. The fourth-order valence-corrected chi connectivity index (χ4v) is 2.59. The van der Waals surface area contributed by atoms with E-state index in [1.807, 2.05) is 4.90 Å². The Bertz CT molecular complexity index is 709. The van der Waals surface area contributed by atoms with Crippen molar-refractivity contribution in [1.29, 1.82) is 0 Å². The number of ether oxygens (including phenoxy) is 2. The molecule has 0 bridgehead atoms. The number of alkyl halides is 3. The van der Waals surface area contributed by atoms with Gasteiger partial charge in [0.25, 0.3) is 0 Å². The molecular formula is C16H16F3N3O2. The van der Waals surface area contributed by atoms with Gasteiger partial charge in [0, 0.05) is 19.3 Å². The smallest absolute Gasteiger partial charge is 0.406 e. The lowest BCUT2D eigenvalue weighted by Crippen LogP contribution is -2.39. The van der Waals surface area contributed by atoms with E-state index in [-0.39, 0.29) is 11.9 Å². The van der Waals surface area contributed by atoms with Crippen LogP contribution in [-0.2, 0) is 4.74 Å². The van der Waals surface area contributed by atoms with E-state index in [0.717, 1.165) is 5.82 Å². The number of benzene rings is 1. The zero-order valence-corrected chi connectivity index (χ0v) is 13.0. The van der Waals surface area contributed by atoms with Crippen LogP contribution in [0.2, 0.25) is 0 Å². The third-order valence-electron chi connectivity index (χ3n) is 3.62. The molecule has 3 rings (SSSR count). The van der Waals surface area contributed by atoms with Gasteiger partial charge in [0.1, 0.15) is 23.5 Å². The Balaban J connectivity index is 1.76. The van der Waals surface area contributed by atoms with E-state index in [1.54, 1.807) is 25.3 Å². The van der Waals surface area contributed by atoms with Crippen molar-refractivity contribution < 1.29 is 22.6 Å². The molecule has 1 aromatic heterocycles. The summed E-state index contributed by atoms with van der Waals surface area (Å²) in [6.45, 7) is 3.41. The van der Waals surface area contributed by atoms with Crippen molar-refractivity contribution in [3.63, 3.8) is 0 Å². The van der Waals surface area contributed by atoms with Crippen LogP contribution in [0.1, 0.15) is 17.5 Å². The number of rotatable bonds is 3. The van der Waals surface area contributed by atoms with Gasteiger partial charge in [-0.3, -0.25) is 0 Å². The van der Waals surface area contributed by atoms with Crippen molar-refractivity contribution in [3.05, 3.63) is 47.9 Å². The van der Waals surface area contributed by atoms with Gasteiger partial charge >= 0.3 is 6.36 Å². The normalized spacial score (nSPS) is 18.5. The number of aromatic nitrogens is 2. The molecule has 0 saturated carbocycles. The molecule has 1 aromatic carbocycles. The molecule has 0 aliphatic carbocycles. The van der Waals surface area contributed by atoms with Crippen molar-refractivity contribution in [3.8, 4) is 5.75 Å². The first kappa shape index (κ1) is 16.5. The summed E-state index contributed by atoms with van der Waals surface area (Å²) in [6.07, 6.45) is -3.39. The first-order valence-corrected chi connectivity index (χ1v) is 7.42. The fraction of sp³-hybridized carbons (Fsp3) is 0.375. The van der Waals surface area contributed by atoms with E-state index in [2.05, 4.69) is 14.7 Å². The number of anilines is 1. The van der Waals surface area contributed by atoms with Gasteiger partial charge in [0.15, 0.2) is 0 Å². The number of morpholine rings is 1. The molecule has 0 radical (unpaired) electrons. The van der Waals surface area contributed by atoms with Crippen LogP contribution in [0.3, 0.4) is 0 Å². The Labute approximate surface area is 137 Å². The van der Waals surface area contributed by atoms with Crippen LogP contribution < -0.4 is 9.64 Å². The molecule has 0 amide bonds. The van der Waals surface area contributed by atoms with Gasteiger partial charge in [-0.25, -0.2) is 9.97 Å². The highest BCUT2D eigenvalue weighted by Crippen LogP contribution is 2.29. The van der Waals surface area contributed by atoms with Gasteiger partial charge in [0.2, 0.25) is 0 Å². The molecule has 8 heteroatoms. The van der Waals surface area contributed by atoms with Gasteiger partial charge in [-0.2, -0.15) is 0 Å². The van der Waals surface area contributed by atoms with Crippen molar-refractivity contribution in [1.82, 2.24) is 9.97 Å². The molecule has 1 saturated heterocycles. The second-order valence-corrected chi connectivity index (χ2v) is 5.39. The van der Waals surface area contributed by atoms with Gasteiger partial charge < -0.3 is 14.4 Å². The highest BCUT2D eigenvalue weighted by Gasteiger charge is 2.31. The lowest BCUT2D eigenvalue weighted by molar-refractivity contribution is -0.274. The molecule has 1 aliphatic rings. The number of hydrogen-bond acceptors (Lipinski definition) is 5. The fourth-order valence-electron chi connectivity index (χ4n) is 2.59. The van der Waals surface area contributed by atoms with E-state index in [4.69, 9.17) is 4.74 Å². The van der Waals surface area contributed by atoms with E-state index in [0.29, 0.717) is 31.1 Å². The Morgan fingerprint density at radius 1 is 1.29 bits per heavy atom. The largest absolute Gasteiger partial charge is 0.573 e. The van der Waals surface area contributed by atoms with Crippen LogP contribution >= 0.6 is 0 Å². The van der Waals surface area contributed by atoms with Gasteiger partial charge in [-0.15, -0.1) is 13.2 Å². The van der Waals surface area contributed by atoms with Crippen molar-refractivity contribution in [2.24, 2.45) is 0 Å². The van der Waals surface area contributed by atoms with Gasteiger partial charge in [-0.05, 0) is 30.7 Å². The number of halogens is 3. The number of nitrogens with zero attached hydrogens (tertiary/aromatic N) is 3. The second-order valence-electron chi connectivity index (χ2n) is 5.39. The van der Waals surface area contributed by atoms with E-state index in [9.17, 15) is 13.2 Å². The Hall–Kier alpha value is -2.35.